The summed E-state index contributed by atoms with van der Waals surface area (Å²) in [6.07, 6.45) is 0. The van der Waals surface area contributed by atoms with Crippen molar-refractivity contribution in [2.45, 2.75) is 15.0 Å². The number of carbonyl (C=O) groups is 1. The zero-order valence-electron chi connectivity index (χ0n) is 15.9. The molecule has 5 rings (SSSR count). The van der Waals surface area contributed by atoms with E-state index in [0.717, 1.165) is 21.2 Å². The molecule has 0 aliphatic carbocycles. The van der Waals surface area contributed by atoms with Crippen molar-refractivity contribution in [2.24, 2.45) is 0 Å². The molecule has 1 amide bonds. The Kier molecular flexibility index (Phi) is 5.35. The van der Waals surface area contributed by atoms with Gasteiger partial charge in [-0.1, -0.05) is 47.3 Å². The van der Waals surface area contributed by atoms with Crippen molar-refractivity contribution in [2.75, 3.05) is 10.7 Å². The molecule has 0 saturated carbocycles. The molecule has 0 bridgehead atoms. The number of nitrogens with zero attached hydrogens (tertiary/aromatic N) is 3. The molecule has 154 valence electrons. The molecule has 1 aliphatic heterocycles. The topological polar surface area (TPSA) is 79.5 Å². The second-order valence-corrected chi connectivity index (χ2v) is 9.07. The summed E-state index contributed by atoms with van der Waals surface area (Å²) in [6, 6.07) is 19.8. The fourth-order valence-electron chi connectivity index (χ4n) is 3.17. The van der Waals surface area contributed by atoms with Crippen molar-refractivity contribution in [3.05, 3.63) is 71.8 Å². The third kappa shape index (κ3) is 4.01. The standard InChI is InChI=1S/C22H14ClN3O3S2/c23-14-7-10-19-17(11-14)26(16-3-1-2-4-18(16)31-19)20(28)12-30-22-25-24-21(29-22)13-5-8-15(27)9-6-13/h1-11,27H,12H2. The lowest BCUT2D eigenvalue weighted by Gasteiger charge is -2.31. The van der Waals surface area contributed by atoms with Gasteiger partial charge in [0.2, 0.25) is 11.8 Å². The van der Waals surface area contributed by atoms with E-state index in [4.69, 9.17) is 16.0 Å². The molecule has 1 aromatic heterocycles. The van der Waals surface area contributed by atoms with E-state index < -0.39 is 0 Å². The number of fused-ring (bicyclic) bond motifs is 2. The summed E-state index contributed by atoms with van der Waals surface area (Å²) in [5.74, 6) is 0.476. The first kappa shape index (κ1) is 20.0. The highest BCUT2D eigenvalue weighted by molar-refractivity contribution is 8.00. The van der Waals surface area contributed by atoms with E-state index in [2.05, 4.69) is 10.2 Å². The van der Waals surface area contributed by atoms with Crippen LogP contribution < -0.4 is 4.90 Å². The van der Waals surface area contributed by atoms with Gasteiger partial charge in [-0.2, -0.15) is 0 Å². The number of aromatic nitrogens is 2. The highest BCUT2D eigenvalue weighted by Gasteiger charge is 2.28. The van der Waals surface area contributed by atoms with Crippen molar-refractivity contribution in [3.63, 3.8) is 0 Å². The largest absolute Gasteiger partial charge is 0.508 e. The Labute approximate surface area is 191 Å². The van der Waals surface area contributed by atoms with Gasteiger partial charge in [-0.15, -0.1) is 10.2 Å². The number of thioether (sulfide) groups is 1. The number of halogens is 1. The van der Waals surface area contributed by atoms with Crippen molar-refractivity contribution in [1.29, 1.82) is 0 Å². The lowest BCUT2D eigenvalue weighted by Crippen LogP contribution is -2.30. The number of phenols is 1. The summed E-state index contributed by atoms with van der Waals surface area (Å²) in [5.41, 5.74) is 2.27. The summed E-state index contributed by atoms with van der Waals surface area (Å²) in [4.78, 5) is 16.9. The summed E-state index contributed by atoms with van der Waals surface area (Å²) >= 11 is 9.00. The number of amides is 1. The molecule has 0 unspecified atom stereocenters. The Morgan fingerprint density at radius 1 is 1.03 bits per heavy atom. The van der Waals surface area contributed by atoms with E-state index in [0.29, 0.717) is 21.7 Å². The maximum atomic E-state index is 13.3. The van der Waals surface area contributed by atoms with Gasteiger partial charge in [-0.05, 0) is 54.6 Å². The average Bonchev–Trinajstić information content (AvgIpc) is 3.25. The minimum atomic E-state index is -0.120. The van der Waals surface area contributed by atoms with E-state index in [-0.39, 0.29) is 17.4 Å². The second kappa shape index (κ2) is 8.30. The van der Waals surface area contributed by atoms with Crippen LogP contribution in [0.2, 0.25) is 5.02 Å². The molecule has 31 heavy (non-hydrogen) atoms. The fourth-order valence-corrected chi connectivity index (χ4v) is 4.99. The molecule has 2 heterocycles. The van der Waals surface area contributed by atoms with Gasteiger partial charge in [-0.3, -0.25) is 9.69 Å². The van der Waals surface area contributed by atoms with E-state index in [1.54, 1.807) is 47.0 Å². The van der Waals surface area contributed by atoms with Gasteiger partial charge >= 0.3 is 0 Å². The quantitative estimate of drug-likeness (QED) is 0.368. The Bertz CT molecular complexity index is 1280. The number of phenolic OH excluding ortho intramolecular Hbond substituents is 1. The maximum Gasteiger partial charge on any atom is 0.277 e. The molecular formula is C22H14ClN3O3S2. The molecule has 1 N–H and O–H groups in total. The molecule has 6 nitrogen and oxygen atoms in total. The zero-order valence-corrected chi connectivity index (χ0v) is 18.2. The number of aromatic hydroxyl groups is 1. The number of carbonyl (C=O) groups excluding carboxylic acids is 1. The molecule has 3 aromatic carbocycles. The number of anilines is 2. The van der Waals surface area contributed by atoms with Crippen LogP contribution in [0.25, 0.3) is 11.5 Å². The molecule has 4 aromatic rings. The SMILES string of the molecule is O=C(CSc1nnc(-c2ccc(O)cc2)o1)N1c2ccccc2Sc2ccc(Cl)cc21. The lowest BCUT2D eigenvalue weighted by atomic mass is 10.2. The first-order chi connectivity index (χ1) is 15.1. The van der Waals surface area contributed by atoms with E-state index in [1.165, 1.54) is 11.8 Å². The summed E-state index contributed by atoms with van der Waals surface area (Å²) in [5, 5.41) is 18.3. The van der Waals surface area contributed by atoms with E-state index >= 15 is 0 Å². The van der Waals surface area contributed by atoms with Gasteiger partial charge in [0.1, 0.15) is 5.75 Å². The van der Waals surface area contributed by atoms with Gasteiger partial charge < -0.3 is 9.52 Å². The van der Waals surface area contributed by atoms with Crippen LogP contribution in [-0.2, 0) is 4.79 Å². The minimum Gasteiger partial charge on any atom is -0.508 e. The minimum absolute atomic E-state index is 0.113. The first-order valence-electron chi connectivity index (χ1n) is 9.23. The highest BCUT2D eigenvalue weighted by atomic mass is 35.5. The normalized spacial score (nSPS) is 12.4. The zero-order chi connectivity index (χ0) is 21.4. The molecule has 1 aliphatic rings. The average molecular weight is 468 g/mol. The van der Waals surface area contributed by atoms with Crippen LogP contribution in [0.1, 0.15) is 0 Å². The van der Waals surface area contributed by atoms with Crippen LogP contribution in [0.5, 0.6) is 5.75 Å². The fraction of sp³-hybridized carbons (Fsp3) is 0.0455. The van der Waals surface area contributed by atoms with Crippen LogP contribution in [0.4, 0.5) is 11.4 Å². The third-order valence-electron chi connectivity index (χ3n) is 4.58. The molecule has 0 fully saturated rings. The Hall–Kier alpha value is -2.94. The summed E-state index contributed by atoms with van der Waals surface area (Å²) in [6.45, 7) is 0. The van der Waals surface area contributed by atoms with Crippen LogP contribution >= 0.6 is 35.1 Å². The van der Waals surface area contributed by atoms with Crippen LogP contribution in [0.3, 0.4) is 0 Å². The van der Waals surface area contributed by atoms with Gasteiger partial charge in [0.25, 0.3) is 5.22 Å². The van der Waals surface area contributed by atoms with Gasteiger partial charge in [0, 0.05) is 20.4 Å². The Balaban J connectivity index is 1.38. The number of hydrogen-bond donors (Lipinski definition) is 1. The number of para-hydroxylation sites is 1. The first-order valence-corrected chi connectivity index (χ1v) is 11.4. The van der Waals surface area contributed by atoms with E-state index in [1.807, 2.05) is 36.4 Å². The molecular weight excluding hydrogens is 454 g/mol. The van der Waals surface area contributed by atoms with E-state index in [9.17, 15) is 9.90 Å². The van der Waals surface area contributed by atoms with Gasteiger partial charge in [0.15, 0.2) is 0 Å². The summed E-state index contributed by atoms with van der Waals surface area (Å²) in [7, 11) is 0. The molecule has 9 heteroatoms. The van der Waals surface area contributed by atoms with Crippen molar-refractivity contribution in [3.8, 4) is 17.2 Å². The van der Waals surface area contributed by atoms with Crippen LogP contribution in [-0.4, -0.2) is 27.0 Å². The van der Waals surface area contributed by atoms with Crippen molar-refractivity contribution in [1.82, 2.24) is 10.2 Å². The Morgan fingerprint density at radius 2 is 1.81 bits per heavy atom. The predicted molar refractivity (Wildman–Crippen MR) is 121 cm³/mol. The third-order valence-corrected chi connectivity index (χ3v) is 6.75. The maximum absolute atomic E-state index is 13.3. The van der Waals surface area contributed by atoms with Crippen LogP contribution in [0, 0.1) is 0 Å². The lowest BCUT2D eigenvalue weighted by molar-refractivity contribution is -0.115. The van der Waals surface area contributed by atoms with Gasteiger partial charge in [0.05, 0.1) is 17.1 Å². The predicted octanol–water partition coefficient (Wildman–Crippen LogP) is 6.02. The number of rotatable bonds is 4. The Morgan fingerprint density at radius 3 is 2.65 bits per heavy atom. The molecule has 0 spiro atoms. The second-order valence-electron chi connectivity index (χ2n) is 6.62. The van der Waals surface area contributed by atoms with Crippen LogP contribution in [0.15, 0.2) is 86.2 Å². The molecule has 0 radical (unpaired) electrons. The number of hydrogen-bond acceptors (Lipinski definition) is 7. The monoisotopic (exact) mass is 467 g/mol. The smallest absolute Gasteiger partial charge is 0.277 e. The summed E-state index contributed by atoms with van der Waals surface area (Å²) < 4.78 is 5.67. The van der Waals surface area contributed by atoms with Crippen molar-refractivity contribution >= 4 is 52.4 Å². The molecule has 0 atom stereocenters. The van der Waals surface area contributed by atoms with Gasteiger partial charge in [-0.25, -0.2) is 0 Å². The number of benzene rings is 3. The van der Waals surface area contributed by atoms with Crippen molar-refractivity contribution < 1.29 is 14.3 Å². The molecule has 0 saturated heterocycles. The highest BCUT2D eigenvalue weighted by Crippen LogP contribution is 2.49.